The van der Waals surface area contributed by atoms with E-state index in [0.29, 0.717) is 12.2 Å². The van der Waals surface area contributed by atoms with Gasteiger partial charge in [0.15, 0.2) is 0 Å². The first-order valence-electron chi connectivity index (χ1n) is 6.02. The van der Waals surface area contributed by atoms with Crippen LogP contribution in [0, 0.1) is 6.92 Å². The summed E-state index contributed by atoms with van der Waals surface area (Å²) >= 11 is 0. The van der Waals surface area contributed by atoms with E-state index < -0.39 is 0 Å². The van der Waals surface area contributed by atoms with E-state index in [1.54, 1.807) is 18.8 Å². The van der Waals surface area contributed by atoms with Crippen molar-refractivity contribution < 1.29 is 9.53 Å². The third-order valence-electron chi connectivity index (χ3n) is 2.77. The highest BCUT2D eigenvalue weighted by molar-refractivity contribution is 5.91. The van der Waals surface area contributed by atoms with Crippen LogP contribution in [0.25, 0.3) is 0 Å². The van der Waals surface area contributed by atoms with Gasteiger partial charge in [0.25, 0.3) is 0 Å². The van der Waals surface area contributed by atoms with Crippen molar-refractivity contribution in [2.75, 3.05) is 12.4 Å². The van der Waals surface area contributed by atoms with E-state index in [2.05, 4.69) is 10.4 Å². The molecule has 0 saturated heterocycles. The van der Waals surface area contributed by atoms with Crippen LogP contribution in [0.15, 0.2) is 30.3 Å². The summed E-state index contributed by atoms with van der Waals surface area (Å²) in [6, 6.07) is 9.32. The van der Waals surface area contributed by atoms with Gasteiger partial charge >= 0.3 is 0 Å². The van der Waals surface area contributed by atoms with Crippen LogP contribution in [-0.2, 0) is 18.3 Å². The van der Waals surface area contributed by atoms with Crippen LogP contribution >= 0.6 is 0 Å². The van der Waals surface area contributed by atoms with Crippen LogP contribution in [-0.4, -0.2) is 22.8 Å². The maximum atomic E-state index is 11.9. The number of ether oxygens (including phenoxy) is 1. The molecule has 1 aromatic heterocycles. The molecule has 5 heteroatoms. The number of carbonyl (C=O) groups excluding carboxylic acids is 1. The molecule has 1 aromatic carbocycles. The summed E-state index contributed by atoms with van der Waals surface area (Å²) in [6.07, 6.45) is 0.307. The largest absolute Gasteiger partial charge is 0.497 e. The lowest BCUT2D eigenvalue weighted by Crippen LogP contribution is -2.16. The average Bonchev–Trinajstić information content (AvgIpc) is 2.68. The molecule has 0 atom stereocenters. The van der Waals surface area contributed by atoms with Crippen LogP contribution in [0.2, 0.25) is 0 Å². The summed E-state index contributed by atoms with van der Waals surface area (Å²) in [4.78, 5) is 11.9. The number of hydrogen-bond donors (Lipinski definition) is 1. The van der Waals surface area contributed by atoms with Crippen molar-refractivity contribution in [2.24, 2.45) is 7.05 Å². The van der Waals surface area contributed by atoms with Crippen molar-refractivity contribution in [2.45, 2.75) is 13.3 Å². The van der Waals surface area contributed by atoms with Gasteiger partial charge in [0, 0.05) is 13.1 Å². The molecule has 0 radical (unpaired) electrons. The molecular weight excluding hydrogens is 242 g/mol. The summed E-state index contributed by atoms with van der Waals surface area (Å²) in [5.41, 5.74) is 1.79. The van der Waals surface area contributed by atoms with Gasteiger partial charge in [-0.1, -0.05) is 12.1 Å². The monoisotopic (exact) mass is 259 g/mol. The van der Waals surface area contributed by atoms with Crippen LogP contribution in [0.4, 0.5) is 5.82 Å². The molecule has 0 spiro atoms. The third-order valence-corrected chi connectivity index (χ3v) is 2.77. The molecule has 19 heavy (non-hydrogen) atoms. The van der Waals surface area contributed by atoms with Crippen LogP contribution in [0.5, 0.6) is 5.75 Å². The summed E-state index contributed by atoms with van der Waals surface area (Å²) in [6.45, 7) is 1.89. The van der Waals surface area contributed by atoms with Crippen molar-refractivity contribution >= 4 is 11.7 Å². The third kappa shape index (κ3) is 3.34. The van der Waals surface area contributed by atoms with Gasteiger partial charge in [0.2, 0.25) is 5.91 Å². The minimum Gasteiger partial charge on any atom is -0.497 e. The molecule has 2 aromatic rings. The molecule has 1 heterocycles. The van der Waals surface area contributed by atoms with E-state index >= 15 is 0 Å². The second-order valence-electron chi connectivity index (χ2n) is 4.37. The molecule has 1 amide bonds. The molecule has 1 N–H and O–H groups in total. The smallest absolute Gasteiger partial charge is 0.229 e. The van der Waals surface area contributed by atoms with E-state index in [1.165, 1.54) is 0 Å². The Bertz CT molecular complexity index is 590. The quantitative estimate of drug-likeness (QED) is 0.912. The fourth-order valence-electron chi connectivity index (χ4n) is 1.88. The summed E-state index contributed by atoms with van der Waals surface area (Å²) < 4.78 is 6.78. The normalized spacial score (nSPS) is 10.3. The lowest BCUT2D eigenvalue weighted by atomic mass is 10.1. The summed E-state index contributed by atoms with van der Waals surface area (Å²) in [5.74, 6) is 1.38. The number of aryl methyl sites for hydroxylation is 2. The number of nitrogens with zero attached hydrogens (tertiary/aromatic N) is 2. The van der Waals surface area contributed by atoms with E-state index in [0.717, 1.165) is 17.0 Å². The molecule has 0 unspecified atom stereocenters. The summed E-state index contributed by atoms with van der Waals surface area (Å²) in [7, 11) is 3.41. The minimum absolute atomic E-state index is 0.0729. The Morgan fingerprint density at radius 1 is 1.42 bits per heavy atom. The second-order valence-corrected chi connectivity index (χ2v) is 4.37. The Morgan fingerprint density at radius 2 is 2.21 bits per heavy atom. The van der Waals surface area contributed by atoms with Gasteiger partial charge in [0.1, 0.15) is 11.6 Å². The predicted octanol–water partition coefficient (Wildman–Crippen LogP) is 1.92. The lowest BCUT2D eigenvalue weighted by Gasteiger charge is -2.06. The van der Waals surface area contributed by atoms with E-state index in [9.17, 15) is 4.79 Å². The molecule has 0 aliphatic carbocycles. The van der Waals surface area contributed by atoms with Gasteiger partial charge in [-0.05, 0) is 24.6 Å². The van der Waals surface area contributed by atoms with Crippen molar-refractivity contribution in [3.8, 4) is 5.75 Å². The zero-order chi connectivity index (χ0) is 13.8. The number of benzene rings is 1. The molecule has 5 nitrogen and oxygen atoms in total. The van der Waals surface area contributed by atoms with Crippen LogP contribution in [0.3, 0.4) is 0 Å². The first-order chi connectivity index (χ1) is 9.08. The molecule has 0 aliphatic heterocycles. The molecule has 100 valence electrons. The first-order valence-corrected chi connectivity index (χ1v) is 6.02. The van der Waals surface area contributed by atoms with Gasteiger partial charge in [-0.2, -0.15) is 5.10 Å². The van der Waals surface area contributed by atoms with Gasteiger partial charge in [-0.15, -0.1) is 0 Å². The number of aromatic nitrogens is 2. The van der Waals surface area contributed by atoms with E-state index in [-0.39, 0.29) is 5.91 Å². The van der Waals surface area contributed by atoms with Crippen molar-refractivity contribution in [1.29, 1.82) is 0 Å². The number of carbonyl (C=O) groups is 1. The maximum Gasteiger partial charge on any atom is 0.229 e. The zero-order valence-corrected chi connectivity index (χ0v) is 11.3. The molecule has 2 rings (SSSR count). The first kappa shape index (κ1) is 13.1. The van der Waals surface area contributed by atoms with Crippen molar-refractivity contribution in [3.05, 3.63) is 41.6 Å². The highest BCUT2D eigenvalue weighted by Crippen LogP contribution is 2.14. The molecule has 0 aliphatic rings. The number of amides is 1. The molecule has 0 fully saturated rings. The van der Waals surface area contributed by atoms with Gasteiger partial charge in [-0.25, -0.2) is 0 Å². The Balaban J connectivity index is 2.03. The average molecular weight is 259 g/mol. The van der Waals surface area contributed by atoms with E-state index in [1.807, 2.05) is 37.3 Å². The number of methoxy groups -OCH3 is 1. The Kier molecular flexibility index (Phi) is 3.85. The Morgan fingerprint density at radius 3 is 2.84 bits per heavy atom. The summed E-state index contributed by atoms with van der Waals surface area (Å²) in [5, 5.41) is 7.02. The zero-order valence-electron chi connectivity index (χ0n) is 11.3. The number of nitrogens with one attached hydrogen (secondary N) is 1. The van der Waals surface area contributed by atoms with Gasteiger partial charge < -0.3 is 10.1 Å². The number of hydrogen-bond acceptors (Lipinski definition) is 3. The van der Waals surface area contributed by atoms with E-state index in [4.69, 9.17) is 4.74 Å². The van der Waals surface area contributed by atoms with Crippen LogP contribution < -0.4 is 10.1 Å². The molecule has 0 bridgehead atoms. The predicted molar refractivity (Wildman–Crippen MR) is 73.3 cm³/mol. The molecular formula is C14H17N3O2. The van der Waals surface area contributed by atoms with Crippen molar-refractivity contribution in [1.82, 2.24) is 9.78 Å². The lowest BCUT2D eigenvalue weighted by molar-refractivity contribution is -0.115. The number of anilines is 1. The highest BCUT2D eigenvalue weighted by atomic mass is 16.5. The SMILES string of the molecule is COc1cccc(CC(=O)Nc2cc(C)nn2C)c1. The maximum absolute atomic E-state index is 11.9. The van der Waals surface area contributed by atoms with Crippen LogP contribution in [0.1, 0.15) is 11.3 Å². The molecule has 0 saturated carbocycles. The highest BCUT2D eigenvalue weighted by Gasteiger charge is 2.08. The fourth-order valence-corrected chi connectivity index (χ4v) is 1.88. The standard InChI is InChI=1S/C14H17N3O2/c1-10-7-13(17(2)16-10)15-14(18)9-11-5-4-6-12(8-11)19-3/h4-8H,9H2,1-3H3,(H,15,18). The minimum atomic E-state index is -0.0729. The topological polar surface area (TPSA) is 56.1 Å². The second kappa shape index (κ2) is 5.56. The number of rotatable bonds is 4. The van der Waals surface area contributed by atoms with Gasteiger partial charge in [-0.3, -0.25) is 9.48 Å². The fraction of sp³-hybridized carbons (Fsp3) is 0.286. The van der Waals surface area contributed by atoms with Crippen molar-refractivity contribution in [3.63, 3.8) is 0 Å². The Labute approximate surface area is 112 Å². The van der Waals surface area contributed by atoms with Gasteiger partial charge in [0.05, 0.1) is 19.2 Å². The Hall–Kier alpha value is -2.30.